The molecule has 3 aromatic carbocycles. The molecule has 0 aromatic heterocycles. The van der Waals surface area contributed by atoms with Crippen molar-refractivity contribution in [2.24, 2.45) is 4.40 Å². The first-order valence-electron chi connectivity index (χ1n) is 9.12. The van der Waals surface area contributed by atoms with E-state index in [9.17, 15) is 4.39 Å². The van der Waals surface area contributed by atoms with Crippen LogP contribution in [0.4, 0.5) is 10.1 Å². The van der Waals surface area contributed by atoms with Gasteiger partial charge in [0.25, 0.3) is 0 Å². The summed E-state index contributed by atoms with van der Waals surface area (Å²) >= 11 is 7.59. The van der Waals surface area contributed by atoms with E-state index in [1.807, 2.05) is 48.5 Å². The summed E-state index contributed by atoms with van der Waals surface area (Å²) in [6.45, 7) is 0.719. The molecule has 7 heteroatoms. The van der Waals surface area contributed by atoms with Gasteiger partial charge in [0.2, 0.25) is 5.96 Å². The fraction of sp³-hybridized carbons (Fsp3) is 0.136. The number of fused-ring (bicyclic) bond motifs is 1. The van der Waals surface area contributed by atoms with Gasteiger partial charge in [0.1, 0.15) is 11.6 Å². The molecule has 0 radical (unpaired) electrons. The first kappa shape index (κ1) is 19.6. The van der Waals surface area contributed by atoms with Gasteiger partial charge in [0, 0.05) is 29.6 Å². The highest BCUT2D eigenvalue weighted by Gasteiger charge is 2.19. The third kappa shape index (κ3) is 4.33. The van der Waals surface area contributed by atoms with Crippen LogP contribution in [0.25, 0.3) is 11.1 Å². The van der Waals surface area contributed by atoms with Crippen LogP contribution in [0.5, 0.6) is 5.75 Å². The Hall–Kier alpha value is -2.70. The van der Waals surface area contributed by atoms with Crippen LogP contribution < -0.4 is 15.4 Å². The molecular weight excluding hydrogens is 409 g/mol. The Morgan fingerprint density at radius 3 is 2.62 bits per heavy atom. The Bertz CT molecular complexity index is 1060. The highest BCUT2D eigenvalue weighted by molar-refractivity contribution is 7.98. The van der Waals surface area contributed by atoms with Gasteiger partial charge >= 0.3 is 0 Å². The van der Waals surface area contributed by atoms with Crippen molar-refractivity contribution in [1.29, 1.82) is 0 Å². The van der Waals surface area contributed by atoms with Crippen molar-refractivity contribution in [3.63, 3.8) is 0 Å². The summed E-state index contributed by atoms with van der Waals surface area (Å²) in [6, 6.07) is 18.6. The van der Waals surface area contributed by atoms with Crippen LogP contribution in [-0.4, -0.2) is 19.6 Å². The molecule has 29 heavy (non-hydrogen) atoms. The molecule has 3 aromatic rings. The molecule has 4 rings (SSSR count). The van der Waals surface area contributed by atoms with Crippen molar-refractivity contribution in [3.8, 4) is 16.9 Å². The zero-order valence-electron chi connectivity index (χ0n) is 15.7. The number of para-hydroxylation sites is 1. The Balaban J connectivity index is 1.47. The molecule has 4 nitrogen and oxygen atoms in total. The number of rotatable bonds is 5. The van der Waals surface area contributed by atoms with Crippen molar-refractivity contribution in [2.45, 2.75) is 11.3 Å². The van der Waals surface area contributed by atoms with E-state index >= 15 is 0 Å². The molecular formula is C22H19ClFN3OS. The van der Waals surface area contributed by atoms with Gasteiger partial charge in [0.05, 0.1) is 22.7 Å². The van der Waals surface area contributed by atoms with Crippen LogP contribution in [0.15, 0.2) is 70.0 Å². The maximum Gasteiger partial charge on any atom is 0.207 e. The van der Waals surface area contributed by atoms with Gasteiger partial charge in [-0.15, -0.1) is 0 Å². The summed E-state index contributed by atoms with van der Waals surface area (Å²) in [5.74, 6) is 1.07. The predicted octanol–water partition coefficient (Wildman–Crippen LogP) is 5.78. The zero-order valence-corrected chi connectivity index (χ0v) is 17.3. The molecule has 0 spiro atoms. The van der Waals surface area contributed by atoms with Gasteiger partial charge in [-0.05, 0) is 36.2 Å². The normalized spacial score (nSPS) is 12.6. The van der Waals surface area contributed by atoms with Crippen LogP contribution in [0, 0.1) is 5.82 Å². The zero-order chi connectivity index (χ0) is 20.2. The number of anilines is 1. The molecule has 0 bridgehead atoms. The number of benzene rings is 3. The third-order valence-corrected chi connectivity index (χ3v) is 5.81. The summed E-state index contributed by atoms with van der Waals surface area (Å²) in [5, 5.41) is 6.77. The molecule has 148 valence electrons. The van der Waals surface area contributed by atoms with E-state index in [0.29, 0.717) is 11.5 Å². The van der Waals surface area contributed by atoms with E-state index in [1.165, 1.54) is 23.6 Å². The van der Waals surface area contributed by atoms with Crippen LogP contribution in [-0.2, 0) is 6.42 Å². The quantitative estimate of drug-likeness (QED) is 0.507. The van der Waals surface area contributed by atoms with Gasteiger partial charge in [-0.3, -0.25) is 0 Å². The number of hydrogen-bond donors (Lipinski definition) is 2. The smallest absolute Gasteiger partial charge is 0.207 e. The highest BCUT2D eigenvalue weighted by Crippen LogP contribution is 2.41. The van der Waals surface area contributed by atoms with Crippen LogP contribution >= 0.6 is 23.5 Å². The van der Waals surface area contributed by atoms with E-state index in [0.717, 1.165) is 34.9 Å². The number of nitrogens with zero attached hydrogens (tertiary/aromatic N) is 1. The molecule has 1 heterocycles. The van der Waals surface area contributed by atoms with E-state index in [4.69, 9.17) is 16.3 Å². The minimum Gasteiger partial charge on any atom is -0.497 e. The summed E-state index contributed by atoms with van der Waals surface area (Å²) in [4.78, 5) is 0.962. The van der Waals surface area contributed by atoms with Crippen molar-refractivity contribution >= 4 is 35.2 Å². The van der Waals surface area contributed by atoms with Crippen LogP contribution in [0.1, 0.15) is 5.56 Å². The highest BCUT2D eigenvalue weighted by atomic mass is 35.5. The minimum atomic E-state index is -0.434. The Morgan fingerprint density at radius 1 is 1.07 bits per heavy atom. The van der Waals surface area contributed by atoms with Crippen molar-refractivity contribution in [3.05, 3.63) is 77.1 Å². The summed E-state index contributed by atoms with van der Waals surface area (Å²) in [5.41, 5.74) is 3.56. The minimum absolute atomic E-state index is 0.115. The molecule has 1 aliphatic heterocycles. The largest absolute Gasteiger partial charge is 0.497 e. The maximum absolute atomic E-state index is 13.9. The van der Waals surface area contributed by atoms with E-state index in [2.05, 4.69) is 15.0 Å². The number of nitrogens with one attached hydrogen (secondary N) is 2. The lowest BCUT2D eigenvalue weighted by molar-refractivity contribution is 0.414. The van der Waals surface area contributed by atoms with Gasteiger partial charge in [-0.25, -0.2) is 4.39 Å². The van der Waals surface area contributed by atoms with Gasteiger partial charge < -0.3 is 15.4 Å². The molecule has 0 saturated heterocycles. The lowest BCUT2D eigenvalue weighted by Gasteiger charge is -2.22. The fourth-order valence-corrected chi connectivity index (χ4v) is 4.02. The monoisotopic (exact) mass is 427 g/mol. The summed E-state index contributed by atoms with van der Waals surface area (Å²) in [6.07, 6.45) is 0.847. The van der Waals surface area contributed by atoms with Crippen LogP contribution in [0.3, 0.4) is 0 Å². The van der Waals surface area contributed by atoms with Crippen LogP contribution in [0.2, 0.25) is 5.02 Å². The third-order valence-electron chi connectivity index (χ3n) is 4.61. The van der Waals surface area contributed by atoms with Crippen molar-refractivity contribution in [2.75, 3.05) is 19.0 Å². The van der Waals surface area contributed by atoms with Gasteiger partial charge in [-0.2, -0.15) is 4.40 Å². The second kappa shape index (κ2) is 8.76. The molecule has 0 amide bonds. The Kier molecular flexibility index (Phi) is 5.92. The topological polar surface area (TPSA) is 45.6 Å². The molecule has 0 aliphatic carbocycles. The van der Waals surface area contributed by atoms with Gasteiger partial charge in [0.15, 0.2) is 0 Å². The number of hydrogen-bond acceptors (Lipinski definition) is 5. The van der Waals surface area contributed by atoms with E-state index in [-0.39, 0.29) is 5.02 Å². The lowest BCUT2D eigenvalue weighted by atomic mass is 10.0. The van der Waals surface area contributed by atoms with E-state index < -0.39 is 5.82 Å². The number of halogens is 2. The first-order valence-corrected chi connectivity index (χ1v) is 10.3. The van der Waals surface area contributed by atoms with E-state index in [1.54, 1.807) is 13.2 Å². The second-order valence-electron chi connectivity index (χ2n) is 6.46. The fourth-order valence-electron chi connectivity index (χ4n) is 3.10. The predicted molar refractivity (Wildman–Crippen MR) is 118 cm³/mol. The number of methoxy groups -OCH3 is 1. The van der Waals surface area contributed by atoms with Gasteiger partial charge in [-0.1, -0.05) is 48.0 Å². The Labute approximate surface area is 178 Å². The average molecular weight is 428 g/mol. The summed E-state index contributed by atoms with van der Waals surface area (Å²) in [7, 11) is 1.66. The lowest BCUT2D eigenvalue weighted by Crippen LogP contribution is -2.33. The van der Waals surface area contributed by atoms with Crippen molar-refractivity contribution < 1.29 is 9.13 Å². The molecule has 0 fully saturated rings. The summed E-state index contributed by atoms with van der Waals surface area (Å²) < 4.78 is 23.6. The molecule has 0 saturated carbocycles. The molecule has 2 N–H and O–H groups in total. The standard InChI is InChI=1S/C22H19ClFN3OS/c1-28-15-10-8-14(9-11-15)12-13-25-22-26-21-17(5-3-7-19(21)29-27-22)16-4-2-6-18(24)20(16)23/h2-11H,12-13H2,1H3,(H2,25,26,27). The van der Waals surface area contributed by atoms with Crippen molar-refractivity contribution in [1.82, 2.24) is 5.32 Å². The maximum atomic E-state index is 13.9. The number of guanidine groups is 1. The molecule has 0 unspecified atom stereocenters. The average Bonchev–Trinajstić information content (AvgIpc) is 2.76. The second-order valence-corrected chi connectivity index (χ2v) is 7.64. The first-order chi connectivity index (χ1) is 14.2. The molecule has 1 aliphatic rings. The molecule has 0 atom stereocenters. The SMILES string of the molecule is COc1ccc(CCNC2=NSc3cccc(-c4cccc(F)c4Cl)c3N2)cc1. The Morgan fingerprint density at radius 2 is 1.83 bits per heavy atom. The number of ether oxygens (including phenoxy) is 1.